The molecule has 0 radical (unpaired) electrons. The van der Waals surface area contributed by atoms with Crippen LogP contribution in [0.15, 0.2) is 12.1 Å². The maximum Gasteiger partial charge on any atom is 0.183 e. The van der Waals surface area contributed by atoms with Crippen molar-refractivity contribution in [2.45, 2.75) is 12.8 Å². The lowest BCUT2D eigenvalue weighted by atomic mass is 10.1. The molecule has 0 aromatic heterocycles. The van der Waals surface area contributed by atoms with E-state index in [9.17, 15) is 0 Å². The lowest BCUT2D eigenvalue weighted by molar-refractivity contribution is 0.238. The molecule has 3 N–H and O–H groups in total. The van der Waals surface area contributed by atoms with Gasteiger partial charge in [0.2, 0.25) is 0 Å². The van der Waals surface area contributed by atoms with Gasteiger partial charge in [-0.2, -0.15) is 0 Å². The second-order valence-corrected chi connectivity index (χ2v) is 5.12. The number of piperazine rings is 1. The van der Waals surface area contributed by atoms with Crippen LogP contribution in [0.25, 0.3) is 0 Å². The summed E-state index contributed by atoms with van der Waals surface area (Å²) < 4.78 is 10.6. The molecule has 0 spiro atoms. The van der Waals surface area contributed by atoms with Crippen molar-refractivity contribution >= 4 is 5.69 Å². The van der Waals surface area contributed by atoms with E-state index in [1.807, 2.05) is 12.1 Å². The second-order valence-electron chi connectivity index (χ2n) is 5.12. The molecule has 1 aliphatic heterocycles. The Labute approximate surface area is 121 Å². The lowest BCUT2D eigenvalue weighted by Gasteiger charge is -2.27. The first kappa shape index (κ1) is 14.9. The van der Waals surface area contributed by atoms with Crippen molar-refractivity contribution in [1.82, 2.24) is 10.2 Å². The van der Waals surface area contributed by atoms with E-state index in [0.717, 1.165) is 45.6 Å². The quantitative estimate of drug-likeness (QED) is 0.764. The lowest BCUT2D eigenvalue weighted by Crippen LogP contribution is -2.43. The van der Waals surface area contributed by atoms with Crippen LogP contribution in [0.5, 0.6) is 11.5 Å². The topological polar surface area (TPSA) is 59.8 Å². The van der Waals surface area contributed by atoms with Gasteiger partial charge in [-0.25, -0.2) is 0 Å². The first-order valence-corrected chi connectivity index (χ1v) is 7.18. The minimum absolute atomic E-state index is 0.623. The van der Waals surface area contributed by atoms with E-state index >= 15 is 0 Å². The number of nitrogens with zero attached hydrogens (tertiary/aromatic N) is 1. The van der Waals surface area contributed by atoms with E-state index in [-0.39, 0.29) is 0 Å². The standard InChI is InChI=1S/C15H25N3O2/c1-19-14-11-12(10-13(16)15(14)20-2)4-3-7-18-8-5-17-6-9-18/h10-11,17H,3-9,16H2,1-2H3. The number of nitrogens with one attached hydrogen (secondary N) is 1. The van der Waals surface area contributed by atoms with E-state index < -0.39 is 0 Å². The number of aryl methyl sites for hydroxylation is 1. The number of methoxy groups -OCH3 is 2. The number of nitrogen functional groups attached to an aromatic ring is 1. The SMILES string of the molecule is COc1cc(CCCN2CCNCC2)cc(N)c1OC. The molecule has 0 amide bonds. The summed E-state index contributed by atoms with van der Waals surface area (Å²) >= 11 is 0. The van der Waals surface area contributed by atoms with Crippen molar-refractivity contribution in [2.24, 2.45) is 0 Å². The predicted molar refractivity (Wildman–Crippen MR) is 81.6 cm³/mol. The molecule has 1 aromatic carbocycles. The van der Waals surface area contributed by atoms with Crippen molar-refractivity contribution < 1.29 is 9.47 Å². The summed E-state index contributed by atoms with van der Waals surface area (Å²) in [6.45, 7) is 5.63. The summed E-state index contributed by atoms with van der Waals surface area (Å²) in [4.78, 5) is 2.50. The van der Waals surface area contributed by atoms with Crippen molar-refractivity contribution in [1.29, 1.82) is 0 Å². The summed E-state index contributed by atoms with van der Waals surface area (Å²) in [5.74, 6) is 1.34. The van der Waals surface area contributed by atoms with Gasteiger partial charge in [0.05, 0.1) is 19.9 Å². The van der Waals surface area contributed by atoms with Crippen LogP contribution in [0.3, 0.4) is 0 Å². The molecule has 1 fully saturated rings. The molecule has 0 bridgehead atoms. The Hall–Kier alpha value is -1.46. The van der Waals surface area contributed by atoms with Gasteiger partial charge in [-0.05, 0) is 37.1 Å². The smallest absolute Gasteiger partial charge is 0.183 e. The van der Waals surface area contributed by atoms with Crippen molar-refractivity contribution in [3.8, 4) is 11.5 Å². The van der Waals surface area contributed by atoms with Crippen molar-refractivity contribution in [3.63, 3.8) is 0 Å². The summed E-state index contributed by atoms with van der Waals surface area (Å²) in [5.41, 5.74) is 7.85. The van der Waals surface area contributed by atoms with E-state index in [2.05, 4.69) is 10.2 Å². The van der Waals surface area contributed by atoms with Crippen LogP contribution in [0.2, 0.25) is 0 Å². The molecule has 5 heteroatoms. The third kappa shape index (κ3) is 3.77. The highest BCUT2D eigenvalue weighted by Gasteiger charge is 2.11. The number of hydrogen-bond donors (Lipinski definition) is 2. The Bertz CT molecular complexity index is 431. The zero-order valence-electron chi connectivity index (χ0n) is 12.4. The van der Waals surface area contributed by atoms with E-state index in [4.69, 9.17) is 15.2 Å². The molecule has 0 atom stereocenters. The van der Waals surface area contributed by atoms with E-state index in [0.29, 0.717) is 17.2 Å². The van der Waals surface area contributed by atoms with Gasteiger partial charge in [-0.1, -0.05) is 0 Å². The largest absolute Gasteiger partial charge is 0.493 e. The average Bonchev–Trinajstić information content (AvgIpc) is 2.47. The first-order chi connectivity index (χ1) is 9.74. The highest BCUT2D eigenvalue weighted by molar-refractivity contribution is 5.62. The number of anilines is 1. The van der Waals surface area contributed by atoms with Crippen LogP contribution in [0.1, 0.15) is 12.0 Å². The second kappa shape index (κ2) is 7.36. The minimum Gasteiger partial charge on any atom is -0.493 e. The van der Waals surface area contributed by atoms with Crippen molar-refractivity contribution in [3.05, 3.63) is 17.7 Å². The van der Waals surface area contributed by atoms with Gasteiger partial charge in [0, 0.05) is 26.2 Å². The maximum absolute atomic E-state index is 6.00. The highest BCUT2D eigenvalue weighted by Crippen LogP contribution is 2.34. The zero-order chi connectivity index (χ0) is 14.4. The van der Waals surface area contributed by atoms with Crippen LogP contribution in [0.4, 0.5) is 5.69 Å². The van der Waals surface area contributed by atoms with Crippen LogP contribution >= 0.6 is 0 Å². The van der Waals surface area contributed by atoms with Crippen LogP contribution < -0.4 is 20.5 Å². The molecule has 5 nitrogen and oxygen atoms in total. The monoisotopic (exact) mass is 279 g/mol. The van der Waals surface area contributed by atoms with Crippen molar-refractivity contribution in [2.75, 3.05) is 52.7 Å². The van der Waals surface area contributed by atoms with Crippen LogP contribution in [-0.2, 0) is 6.42 Å². The maximum atomic E-state index is 6.00. The Balaban J connectivity index is 1.90. The molecule has 0 aliphatic carbocycles. The van der Waals surface area contributed by atoms with Gasteiger partial charge in [0.1, 0.15) is 0 Å². The molecule has 112 valence electrons. The average molecular weight is 279 g/mol. The van der Waals surface area contributed by atoms with Gasteiger partial charge in [0.25, 0.3) is 0 Å². The summed E-state index contributed by atoms with van der Waals surface area (Å²) in [5, 5.41) is 3.37. The number of benzene rings is 1. The van der Waals surface area contributed by atoms with Crippen LogP contribution in [0, 0.1) is 0 Å². The Morgan fingerprint density at radius 3 is 2.60 bits per heavy atom. The summed E-state index contributed by atoms with van der Waals surface area (Å²) in [6.07, 6.45) is 2.14. The first-order valence-electron chi connectivity index (χ1n) is 7.18. The van der Waals surface area contributed by atoms with E-state index in [1.54, 1.807) is 14.2 Å². The Kier molecular flexibility index (Phi) is 5.49. The molecular formula is C15H25N3O2. The molecule has 0 saturated carbocycles. The van der Waals surface area contributed by atoms with Gasteiger partial charge in [0.15, 0.2) is 11.5 Å². The summed E-state index contributed by atoms with van der Waals surface area (Å²) in [6, 6.07) is 4.01. The third-order valence-electron chi connectivity index (χ3n) is 3.72. The zero-order valence-corrected chi connectivity index (χ0v) is 12.4. The molecular weight excluding hydrogens is 254 g/mol. The fourth-order valence-corrected chi connectivity index (χ4v) is 2.64. The molecule has 0 unspecified atom stereocenters. The number of ether oxygens (including phenoxy) is 2. The normalized spacial score (nSPS) is 16.1. The molecule has 2 rings (SSSR count). The van der Waals surface area contributed by atoms with Crippen LogP contribution in [-0.4, -0.2) is 51.8 Å². The summed E-state index contributed by atoms with van der Waals surface area (Å²) in [7, 11) is 3.25. The minimum atomic E-state index is 0.623. The molecule has 1 saturated heterocycles. The van der Waals surface area contributed by atoms with Gasteiger partial charge in [-0.15, -0.1) is 0 Å². The Morgan fingerprint density at radius 2 is 1.95 bits per heavy atom. The molecule has 1 heterocycles. The fraction of sp³-hybridized carbons (Fsp3) is 0.600. The highest BCUT2D eigenvalue weighted by atomic mass is 16.5. The predicted octanol–water partition coefficient (Wildman–Crippen LogP) is 1.12. The number of rotatable bonds is 6. The van der Waals surface area contributed by atoms with Gasteiger partial charge >= 0.3 is 0 Å². The number of hydrogen-bond acceptors (Lipinski definition) is 5. The number of nitrogens with two attached hydrogens (primary N) is 1. The fourth-order valence-electron chi connectivity index (χ4n) is 2.64. The molecule has 1 aliphatic rings. The molecule has 20 heavy (non-hydrogen) atoms. The Morgan fingerprint density at radius 1 is 1.20 bits per heavy atom. The third-order valence-corrected chi connectivity index (χ3v) is 3.72. The van der Waals surface area contributed by atoms with E-state index in [1.165, 1.54) is 5.56 Å². The van der Waals surface area contributed by atoms with Gasteiger partial charge < -0.3 is 25.4 Å². The molecule has 1 aromatic rings. The van der Waals surface area contributed by atoms with Gasteiger partial charge in [-0.3, -0.25) is 0 Å².